The standard InChI is InChI=1S/C9H8BrF2NO/c1-2-13-9(14)5-3-6(10)8(12)7(11)4-5/h3-4H,2H2,1H3,(H,13,14). The molecule has 0 aromatic heterocycles. The van der Waals surface area contributed by atoms with Crippen LogP contribution in [0, 0.1) is 11.6 Å². The first-order valence-electron chi connectivity index (χ1n) is 3.99. The van der Waals surface area contributed by atoms with Gasteiger partial charge in [0.15, 0.2) is 11.6 Å². The van der Waals surface area contributed by atoms with Crippen LogP contribution in [-0.4, -0.2) is 12.5 Å². The molecule has 5 heteroatoms. The third kappa shape index (κ3) is 2.29. The number of nitrogens with one attached hydrogen (secondary N) is 1. The quantitative estimate of drug-likeness (QED) is 0.817. The van der Waals surface area contributed by atoms with Crippen molar-refractivity contribution in [3.63, 3.8) is 0 Å². The van der Waals surface area contributed by atoms with Crippen molar-refractivity contribution >= 4 is 21.8 Å². The number of hydrogen-bond acceptors (Lipinski definition) is 1. The molecule has 1 rings (SSSR count). The van der Waals surface area contributed by atoms with Gasteiger partial charge in [0, 0.05) is 12.1 Å². The summed E-state index contributed by atoms with van der Waals surface area (Å²) in [5.41, 5.74) is 0.0950. The first kappa shape index (κ1) is 11.1. The van der Waals surface area contributed by atoms with E-state index in [0.717, 1.165) is 6.07 Å². The number of benzene rings is 1. The molecule has 0 saturated heterocycles. The monoisotopic (exact) mass is 263 g/mol. The van der Waals surface area contributed by atoms with Crippen LogP contribution in [0.2, 0.25) is 0 Å². The Morgan fingerprint density at radius 1 is 1.50 bits per heavy atom. The summed E-state index contributed by atoms with van der Waals surface area (Å²) >= 11 is 2.82. The fraction of sp³-hybridized carbons (Fsp3) is 0.222. The normalized spacial score (nSPS) is 10.0. The Morgan fingerprint density at radius 2 is 2.14 bits per heavy atom. The highest BCUT2D eigenvalue weighted by atomic mass is 79.9. The fourth-order valence-corrected chi connectivity index (χ4v) is 1.39. The molecule has 0 heterocycles. The minimum absolute atomic E-state index is 0.0567. The molecule has 0 aliphatic heterocycles. The van der Waals surface area contributed by atoms with Crippen LogP contribution in [0.5, 0.6) is 0 Å². The number of rotatable bonds is 2. The number of halogens is 3. The Labute approximate surface area is 88.4 Å². The molecule has 14 heavy (non-hydrogen) atoms. The molecule has 1 aromatic carbocycles. The summed E-state index contributed by atoms with van der Waals surface area (Å²) < 4.78 is 25.6. The minimum atomic E-state index is -1.04. The van der Waals surface area contributed by atoms with Gasteiger partial charge in [-0.3, -0.25) is 4.79 Å². The molecule has 0 aliphatic carbocycles. The van der Waals surface area contributed by atoms with Gasteiger partial charge in [0.05, 0.1) is 4.47 Å². The molecule has 0 saturated carbocycles. The number of amides is 1. The van der Waals surface area contributed by atoms with E-state index in [1.165, 1.54) is 6.07 Å². The molecule has 76 valence electrons. The second kappa shape index (κ2) is 4.50. The first-order chi connectivity index (χ1) is 6.56. The van der Waals surface area contributed by atoms with Crippen molar-refractivity contribution in [2.45, 2.75) is 6.92 Å². The average molecular weight is 264 g/mol. The van der Waals surface area contributed by atoms with Gasteiger partial charge < -0.3 is 5.32 Å². The molecule has 0 radical (unpaired) electrons. The molecule has 1 aromatic rings. The zero-order chi connectivity index (χ0) is 10.7. The van der Waals surface area contributed by atoms with Crippen molar-refractivity contribution in [1.29, 1.82) is 0 Å². The highest BCUT2D eigenvalue weighted by Gasteiger charge is 2.12. The highest BCUT2D eigenvalue weighted by molar-refractivity contribution is 9.10. The van der Waals surface area contributed by atoms with E-state index < -0.39 is 17.5 Å². The van der Waals surface area contributed by atoms with E-state index in [0.29, 0.717) is 6.54 Å². The Bertz CT molecular complexity index is 345. The van der Waals surface area contributed by atoms with Crippen LogP contribution in [0.3, 0.4) is 0 Å². The topological polar surface area (TPSA) is 29.1 Å². The van der Waals surface area contributed by atoms with Gasteiger partial charge in [-0.05, 0) is 35.0 Å². The summed E-state index contributed by atoms with van der Waals surface area (Å²) in [6.45, 7) is 2.18. The van der Waals surface area contributed by atoms with Crippen LogP contribution in [0.1, 0.15) is 17.3 Å². The summed E-state index contributed by atoms with van der Waals surface area (Å²) in [5, 5.41) is 2.49. The van der Waals surface area contributed by atoms with Gasteiger partial charge in [-0.15, -0.1) is 0 Å². The van der Waals surface area contributed by atoms with Crippen molar-refractivity contribution in [2.24, 2.45) is 0 Å². The molecular formula is C9H8BrF2NO. The molecule has 0 spiro atoms. The first-order valence-corrected chi connectivity index (χ1v) is 4.78. The summed E-state index contributed by atoms with van der Waals surface area (Å²) in [6, 6.07) is 2.11. The Hall–Kier alpha value is -0.970. The van der Waals surface area contributed by atoms with E-state index >= 15 is 0 Å². The average Bonchev–Trinajstić information content (AvgIpc) is 2.13. The molecule has 0 fully saturated rings. The maximum atomic E-state index is 12.9. The van der Waals surface area contributed by atoms with Crippen LogP contribution < -0.4 is 5.32 Å². The van der Waals surface area contributed by atoms with Gasteiger partial charge in [0.25, 0.3) is 5.91 Å². The zero-order valence-corrected chi connectivity index (χ0v) is 8.99. The van der Waals surface area contributed by atoms with Gasteiger partial charge in [-0.25, -0.2) is 8.78 Å². The van der Waals surface area contributed by atoms with Crippen molar-refractivity contribution in [3.05, 3.63) is 33.8 Å². The SMILES string of the molecule is CCNC(=O)c1cc(F)c(F)c(Br)c1. The largest absolute Gasteiger partial charge is 0.352 e. The zero-order valence-electron chi connectivity index (χ0n) is 7.40. The smallest absolute Gasteiger partial charge is 0.251 e. The van der Waals surface area contributed by atoms with Crippen molar-refractivity contribution in [3.8, 4) is 0 Å². The van der Waals surface area contributed by atoms with Gasteiger partial charge in [-0.1, -0.05) is 0 Å². The molecule has 1 N–H and O–H groups in total. The predicted molar refractivity (Wildman–Crippen MR) is 52.1 cm³/mol. The molecule has 0 unspecified atom stereocenters. The number of carbonyl (C=O) groups is 1. The van der Waals surface area contributed by atoms with E-state index in [9.17, 15) is 13.6 Å². The van der Waals surface area contributed by atoms with E-state index in [-0.39, 0.29) is 10.0 Å². The third-order valence-corrected chi connectivity index (χ3v) is 2.16. The van der Waals surface area contributed by atoms with Crippen LogP contribution in [0.25, 0.3) is 0 Å². The maximum absolute atomic E-state index is 12.9. The molecule has 1 amide bonds. The van der Waals surface area contributed by atoms with Crippen LogP contribution >= 0.6 is 15.9 Å². The van der Waals surface area contributed by atoms with E-state index in [1.54, 1.807) is 6.92 Å². The van der Waals surface area contributed by atoms with Crippen LogP contribution in [0.4, 0.5) is 8.78 Å². The lowest BCUT2D eigenvalue weighted by Crippen LogP contribution is -2.22. The second-order valence-corrected chi connectivity index (χ2v) is 3.47. The summed E-state index contributed by atoms with van der Waals surface area (Å²) in [7, 11) is 0. The van der Waals surface area contributed by atoms with Crippen molar-refractivity contribution in [1.82, 2.24) is 5.32 Å². The highest BCUT2D eigenvalue weighted by Crippen LogP contribution is 2.20. The van der Waals surface area contributed by atoms with E-state index in [2.05, 4.69) is 21.2 Å². The molecule has 0 bridgehead atoms. The van der Waals surface area contributed by atoms with Crippen LogP contribution in [-0.2, 0) is 0 Å². The predicted octanol–water partition coefficient (Wildman–Crippen LogP) is 2.48. The van der Waals surface area contributed by atoms with Gasteiger partial charge in [-0.2, -0.15) is 0 Å². The fourth-order valence-electron chi connectivity index (χ4n) is 0.949. The number of carbonyl (C=O) groups excluding carboxylic acids is 1. The maximum Gasteiger partial charge on any atom is 0.251 e. The Kier molecular flexibility index (Phi) is 3.57. The van der Waals surface area contributed by atoms with Gasteiger partial charge >= 0.3 is 0 Å². The lowest BCUT2D eigenvalue weighted by Gasteiger charge is -2.03. The molecule has 0 aliphatic rings. The van der Waals surface area contributed by atoms with Crippen molar-refractivity contribution in [2.75, 3.05) is 6.54 Å². The van der Waals surface area contributed by atoms with E-state index in [1.807, 2.05) is 0 Å². The summed E-state index contributed by atoms with van der Waals surface area (Å²) in [5.74, 6) is -2.45. The van der Waals surface area contributed by atoms with Gasteiger partial charge in [0.2, 0.25) is 0 Å². The lowest BCUT2D eigenvalue weighted by molar-refractivity contribution is 0.0955. The second-order valence-electron chi connectivity index (χ2n) is 2.61. The lowest BCUT2D eigenvalue weighted by atomic mass is 10.2. The molecular weight excluding hydrogens is 256 g/mol. The Morgan fingerprint density at radius 3 is 2.64 bits per heavy atom. The summed E-state index contributed by atoms with van der Waals surface area (Å²) in [6.07, 6.45) is 0. The van der Waals surface area contributed by atoms with Crippen molar-refractivity contribution < 1.29 is 13.6 Å². The summed E-state index contributed by atoms with van der Waals surface area (Å²) in [4.78, 5) is 11.2. The Balaban J connectivity index is 3.06. The third-order valence-electron chi connectivity index (χ3n) is 1.58. The molecule has 2 nitrogen and oxygen atoms in total. The van der Waals surface area contributed by atoms with Gasteiger partial charge in [0.1, 0.15) is 0 Å². The van der Waals surface area contributed by atoms with Crippen LogP contribution in [0.15, 0.2) is 16.6 Å². The van der Waals surface area contributed by atoms with E-state index in [4.69, 9.17) is 0 Å². The number of hydrogen-bond donors (Lipinski definition) is 1. The minimum Gasteiger partial charge on any atom is -0.352 e. The molecule has 0 atom stereocenters.